The first-order chi connectivity index (χ1) is 16.5. The van der Waals surface area contributed by atoms with Gasteiger partial charge < -0.3 is 19.3 Å². The molecule has 0 aliphatic rings. The lowest BCUT2D eigenvalue weighted by atomic mass is 10.1. The van der Waals surface area contributed by atoms with Gasteiger partial charge in [-0.15, -0.1) is 0 Å². The minimum Gasteiger partial charge on any atom is -0.494 e. The molecule has 3 rings (SSSR count). The Bertz CT molecular complexity index is 1110. The van der Waals surface area contributed by atoms with Crippen molar-refractivity contribution >= 4 is 29.4 Å². The molecule has 3 aromatic carbocycles. The van der Waals surface area contributed by atoms with Crippen LogP contribution in [0, 0.1) is 0 Å². The molecule has 0 aliphatic heterocycles. The Morgan fingerprint density at radius 3 is 2.00 bits per heavy atom. The van der Waals surface area contributed by atoms with Gasteiger partial charge in [0.15, 0.2) is 12.4 Å². The maximum Gasteiger partial charge on any atom is 0.341 e. The summed E-state index contributed by atoms with van der Waals surface area (Å²) in [7, 11) is 0. The molecule has 0 atom stereocenters. The molecule has 0 heterocycles. The Labute approximate surface area is 203 Å². The van der Waals surface area contributed by atoms with Crippen LogP contribution in [0.1, 0.15) is 28.8 Å². The van der Waals surface area contributed by atoms with Crippen LogP contribution in [-0.2, 0) is 4.79 Å². The number of benzene rings is 3. The number of ether oxygens (including phenoxy) is 3. The summed E-state index contributed by atoms with van der Waals surface area (Å²) in [5, 5.41) is 9.46. The molecule has 0 unspecified atom stereocenters. The number of carboxylic acids is 1. The number of ketones is 1. The van der Waals surface area contributed by atoms with Crippen molar-refractivity contribution in [1.82, 2.24) is 0 Å². The molecule has 0 aromatic heterocycles. The van der Waals surface area contributed by atoms with E-state index in [4.69, 9.17) is 30.9 Å². The fourth-order valence-electron chi connectivity index (χ4n) is 2.99. The van der Waals surface area contributed by atoms with Crippen molar-refractivity contribution < 1.29 is 28.9 Å². The Morgan fingerprint density at radius 1 is 0.794 bits per heavy atom. The maximum atomic E-state index is 12.5. The van der Waals surface area contributed by atoms with Gasteiger partial charge >= 0.3 is 5.97 Å². The lowest BCUT2D eigenvalue weighted by molar-refractivity contribution is -0.139. The average molecular weight is 481 g/mol. The Kier molecular flexibility index (Phi) is 9.55. The van der Waals surface area contributed by atoms with Crippen molar-refractivity contribution in [2.75, 3.05) is 19.8 Å². The summed E-state index contributed by atoms with van der Waals surface area (Å²) in [6, 6.07) is 21.2. The van der Waals surface area contributed by atoms with Gasteiger partial charge in [0, 0.05) is 5.02 Å². The molecular weight excluding hydrogens is 456 g/mol. The van der Waals surface area contributed by atoms with Crippen molar-refractivity contribution in [3.8, 4) is 17.2 Å². The second-order valence-corrected chi connectivity index (χ2v) is 7.74. The first kappa shape index (κ1) is 24.9. The first-order valence-corrected chi connectivity index (χ1v) is 11.2. The van der Waals surface area contributed by atoms with E-state index in [0.717, 1.165) is 29.9 Å². The van der Waals surface area contributed by atoms with Gasteiger partial charge in [0.05, 0.1) is 18.8 Å². The van der Waals surface area contributed by atoms with E-state index in [1.807, 2.05) is 36.4 Å². The van der Waals surface area contributed by atoms with E-state index in [1.165, 1.54) is 6.08 Å². The number of hydrogen-bond acceptors (Lipinski definition) is 5. The van der Waals surface area contributed by atoms with Crippen LogP contribution in [0.25, 0.3) is 6.08 Å². The van der Waals surface area contributed by atoms with Gasteiger partial charge in [-0.2, -0.15) is 0 Å². The fraction of sp³-hybridized carbons (Fsp3) is 0.185. The van der Waals surface area contributed by atoms with Gasteiger partial charge in [-0.25, -0.2) is 4.79 Å². The largest absolute Gasteiger partial charge is 0.494 e. The smallest absolute Gasteiger partial charge is 0.341 e. The van der Waals surface area contributed by atoms with E-state index < -0.39 is 12.6 Å². The summed E-state index contributed by atoms with van der Waals surface area (Å²) in [5.41, 5.74) is 1.14. The first-order valence-electron chi connectivity index (χ1n) is 10.8. The van der Waals surface area contributed by atoms with Gasteiger partial charge in [-0.1, -0.05) is 41.9 Å². The number of carbonyl (C=O) groups excluding carboxylic acids is 1. The number of aliphatic carboxylic acids is 1. The molecule has 0 amide bonds. The summed E-state index contributed by atoms with van der Waals surface area (Å²) in [6.45, 7) is 0.669. The zero-order chi connectivity index (χ0) is 24.2. The summed E-state index contributed by atoms with van der Waals surface area (Å²) in [6.07, 6.45) is 4.84. The molecule has 0 spiro atoms. The number of hydrogen-bond donors (Lipinski definition) is 1. The number of allylic oxidation sites excluding steroid dienone is 1. The molecule has 0 aliphatic carbocycles. The van der Waals surface area contributed by atoms with Gasteiger partial charge in [-0.3, -0.25) is 4.79 Å². The number of halogens is 1. The summed E-state index contributed by atoms with van der Waals surface area (Å²) in [5.74, 6) is 0.397. The zero-order valence-electron chi connectivity index (χ0n) is 18.5. The van der Waals surface area contributed by atoms with Crippen molar-refractivity contribution in [3.63, 3.8) is 0 Å². The number of para-hydroxylation sites is 1. The normalized spacial score (nSPS) is 10.7. The molecule has 34 heavy (non-hydrogen) atoms. The molecule has 0 radical (unpaired) electrons. The highest BCUT2D eigenvalue weighted by Crippen LogP contribution is 2.20. The number of carbonyl (C=O) groups is 2. The van der Waals surface area contributed by atoms with E-state index in [2.05, 4.69) is 0 Å². The molecule has 0 bridgehead atoms. The molecule has 7 heteroatoms. The number of carboxylic acid groups (broad SMARTS) is 1. The lowest BCUT2D eigenvalue weighted by Gasteiger charge is -2.08. The third kappa shape index (κ3) is 8.30. The quantitative estimate of drug-likeness (QED) is 0.185. The van der Waals surface area contributed by atoms with E-state index in [9.17, 15) is 9.59 Å². The predicted octanol–water partition coefficient (Wildman–Crippen LogP) is 5.94. The van der Waals surface area contributed by atoms with Crippen molar-refractivity contribution in [2.24, 2.45) is 0 Å². The van der Waals surface area contributed by atoms with Crippen LogP contribution < -0.4 is 14.2 Å². The summed E-state index contributed by atoms with van der Waals surface area (Å²) < 4.78 is 16.6. The molecule has 0 saturated carbocycles. The van der Waals surface area contributed by atoms with Gasteiger partial charge in [0.1, 0.15) is 17.2 Å². The van der Waals surface area contributed by atoms with Gasteiger partial charge in [-0.05, 0) is 73.0 Å². The minimum atomic E-state index is -1.11. The minimum absolute atomic E-state index is 0.238. The van der Waals surface area contributed by atoms with Crippen molar-refractivity contribution in [1.29, 1.82) is 0 Å². The Hall–Kier alpha value is -3.77. The molecule has 0 saturated heterocycles. The molecule has 3 aromatic rings. The summed E-state index contributed by atoms with van der Waals surface area (Å²) >= 11 is 5.85. The van der Waals surface area contributed by atoms with Crippen LogP contribution in [-0.4, -0.2) is 36.7 Å². The highest BCUT2D eigenvalue weighted by Gasteiger charge is 2.10. The topological polar surface area (TPSA) is 82.1 Å². The maximum absolute atomic E-state index is 12.5. The standard InChI is InChI=1S/C27H25ClO6/c28-21-10-14-23(15-11-21)33-18-4-3-17-32-22-12-7-20(8-13-22)9-16-25(29)24-5-1-2-6-26(24)34-19-27(30)31/h1-2,5-16H,3-4,17-19H2,(H,30,31)/b16-9+. The Balaban J connectivity index is 1.41. The third-order valence-electron chi connectivity index (χ3n) is 4.70. The van der Waals surface area contributed by atoms with E-state index in [-0.39, 0.29) is 11.5 Å². The van der Waals surface area contributed by atoms with Crippen LogP contribution in [0.3, 0.4) is 0 Å². The van der Waals surface area contributed by atoms with Crippen LogP contribution in [0.4, 0.5) is 0 Å². The second-order valence-electron chi connectivity index (χ2n) is 7.30. The van der Waals surface area contributed by atoms with Crippen LogP contribution in [0.2, 0.25) is 5.02 Å². The lowest BCUT2D eigenvalue weighted by Crippen LogP contribution is -2.11. The predicted molar refractivity (Wildman–Crippen MR) is 131 cm³/mol. The van der Waals surface area contributed by atoms with Crippen LogP contribution in [0.15, 0.2) is 78.9 Å². The van der Waals surface area contributed by atoms with Gasteiger partial charge in [0.2, 0.25) is 0 Å². The van der Waals surface area contributed by atoms with E-state index in [1.54, 1.807) is 42.5 Å². The molecule has 6 nitrogen and oxygen atoms in total. The van der Waals surface area contributed by atoms with Crippen molar-refractivity contribution in [2.45, 2.75) is 12.8 Å². The van der Waals surface area contributed by atoms with E-state index in [0.29, 0.717) is 23.8 Å². The zero-order valence-corrected chi connectivity index (χ0v) is 19.2. The molecule has 0 fully saturated rings. The third-order valence-corrected chi connectivity index (χ3v) is 4.95. The monoisotopic (exact) mass is 480 g/mol. The second kappa shape index (κ2) is 13.1. The van der Waals surface area contributed by atoms with Crippen molar-refractivity contribution in [3.05, 3.63) is 95.0 Å². The highest BCUT2D eigenvalue weighted by atomic mass is 35.5. The summed E-state index contributed by atoms with van der Waals surface area (Å²) in [4.78, 5) is 23.3. The Morgan fingerprint density at radius 2 is 1.38 bits per heavy atom. The molecule has 176 valence electrons. The highest BCUT2D eigenvalue weighted by molar-refractivity contribution is 6.30. The molecule has 1 N–H and O–H groups in total. The SMILES string of the molecule is O=C(O)COc1ccccc1C(=O)/C=C/c1ccc(OCCCCOc2ccc(Cl)cc2)cc1. The number of unbranched alkanes of at least 4 members (excludes halogenated alkanes) is 1. The fourth-order valence-corrected chi connectivity index (χ4v) is 3.11. The number of rotatable bonds is 13. The van der Waals surface area contributed by atoms with Crippen LogP contribution in [0.5, 0.6) is 17.2 Å². The van der Waals surface area contributed by atoms with E-state index >= 15 is 0 Å². The van der Waals surface area contributed by atoms with Gasteiger partial charge in [0.25, 0.3) is 0 Å². The van der Waals surface area contributed by atoms with Crippen LogP contribution >= 0.6 is 11.6 Å². The average Bonchev–Trinajstić information content (AvgIpc) is 2.85. The molecular formula is C27H25ClO6.